The lowest BCUT2D eigenvalue weighted by Gasteiger charge is -2.46. The molecule has 28 heavy (non-hydrogen) atoms. The van der Waals surface area contributed by atoms with Crippen LogP contribution in [0.2, 0.25) is 0 Å². The molecule has 150 valence electrons. The first-order chi connectivity index (χ1) is 13.6. The van der Waals surface area contributed by atoms with Crippen LogP contribution in [-0.2, 0) is 21.6 Å². The van der Waals surface area contributed by atoms with Crippen molar-refractivity contribution < 1.29 is 9.53 Å². The van der Waals surface area contributed by atoms with Crippen molar-refractivity contribution in [1.29, 1.82) is 0 Å². The fourth-order valence-corrected chi connectivity index (χ4v) is 5.57. The molecular formula is C22H29N3O2S. The molecule has 4 rings (SSSR count). The summed E-state index contributed by atoms with van der Waals surface area (Å²) < 4.78 is 6.23. The van der Waals surface area contributed by atoms with Gasteiger partial charge in [-0.1, -0.05) is 18.9 Å². The number of hydrogen-bond donors (Lipinski definition) is 2. The molecule has 0 radical (unpaired) electrons. The molecule has 1 aliphatic carbocycles. The van der Waals surface area contributed by atoms with Crippen LogP contribution in [0.3, 0.4) is 0 Å². The maximum Gasteiger partial charge on any atom is 0.234 e. The van der Waals surface area contributed by atoms with E-state index in [1.54, 1.807) is 11.3 Å². The second-order valence-electron chi connectivity index (χ2n) is 8.14. The van der Waals surface area contributed by atoms with Crippen LogP contribution >= 0.6 is 11.3 Å². The minimum absolute atomic E-state index is 0.0231. The highest BCUT2D eigenvalue weighted by Crippen LogP contribution is 2.46. The molecule has 1 saturated heterocycles. The molecule has 0 aromatic carbocycles. The van der Waals surface area contributed by atoms with Gasteiger partial charge in [0, 0.05) is 30.6 Å². The van der Waals surface area contributed by atoms with Crippen LogP contribution < -0.4 is 10.6 Å². The number of amides is 1. The second-order valence-corrected chi connectivity index (χ2v) is 9.14. The summed E-state index contributed by atoms with van der Waals surface area (Å²) in [4.78, 5) is 18.8. The van der Waals surface area contributed by atoms with Crippen molar-refractivity contribution in [1.82, 2.24) is 15.6 Å². The number of carbonyl (C=O) groups is 1. The van der Waals surface area contributed by atoms with Crippen LogP contribution in [0, 0.1) is 6.92 Å². The Morgan fingerprint density at radius 1 is 1.25 bits per heavy atom. The van der Waals surface area contributed by atoms with E-state index in [1.807, 2.05) is 24.4 Å². The number of hydrogen-bond acceptors (Lipinski definition) is 5. The summed E-state index contributed by atoms with van der Waals surface area (Å²) in [7, 11) is 0. The maximum atomic E-state index is 12.9. The molecule has 2 aromatic rings. The molecular weight excluding hydrogens is 370 g/mol. The Bertz CT molecular complexity index is 801. The van der Waals surface area contributed by atoms with Crippen molar-refractivity contribution in [2.45, 2.75) is 63.1 Å². The fourth-order valence-electron chi connectivity index (χ4n) is 4.69. The van der Waals surface area contributed by atoms with Crippen LogP contribution in [0.25, 0.3) is 0 Å². The standard InChI is InChI=1S/C22H29N3O2S/c1-17-7-13-28-18(17)14-23-15-20(26)25-22(19-6-2-5-11-24-19)10-12-27-21(16-22)8-3-4-9-21/h2,5-7,11,13,23H,3-4,8-10,12,14-16H2,1H3,(H,25,26). The van der Waals surface area contributed by atoms with Crippen molar-refractivity contribution in [3.8, 4) is 0 Å². The molecule has 1 aliphatic heterocycles. The molecule has 1 spiro atoms. The van der Waals surface area contributed by atoms with Gasteiger partial charge < -0.3 is 15.4 Å². The number of aromatic nitrogens is 1. The van der Waals surface area contributed by atoms with Gasteiger partial charge in [-0.15, -0.1) is 11.3 Å². The van der Waals surface area contributed by atoms with E-state index < -0.39 is 5.54 Å². The molecule has 2 fully saturated rings. The van der Waals surface area contributed by atoms with Gasteiger partial charge in [-0.05, 0) is 55.3 Å². The smallest absolute Gasteiger partial charge is 0.234 e. The zero-order valence-electron chi connectivity index (χ0n) is 16.5. The number of nitrogens with one attached hydrogen (secondary N) is 2. The summed E-state index contributed by atoms with van der Waals surface area (Å²) in [6, 6.07) is 8.08. The van der Waals surface area contributed by atoms with Gasteiger partial charge in [0.15, 0.2) is 0 Å². The molecule has 1 unspecified atom stereocenters. The summed E-state index contributed by atoms with van der Waals surface area (Å²) in [5.74, 6) is 0.0231. The SMILES string of the molecule is Cc1ccsc1CNCC(=O)NC1(c2ccccn2)CCOC2(CCCC2)C1. The average molecular weight is 400 g/mol. The third-order valence-electron chi connectivity index (χ3n) is 6.15. The zero-order valence-corrected chi connectivity index (χ0v) is 17.3. The quantitative estimate of drug-likeness (QED) is 0.778. The summed E-state index contributed by atoms with van der Waals surface area (Å²) in [6.45, 7) is 3.80. The van der Waals surface area contributed by atoms with Crippen LogP contribution in [-0.4, -0.2) is 29.6 Å². The van der Waals surface area contributed by atoms with Crippen LogP contribution in [0.15, 0.2) is 35.8 Å². The number of nitrogens with zero attached hydrogens (tertiary/aromatic N) is 1. The molecule has 1 saturated carbocycles. The van der Waals surface area contributed by atoms with Crippen molar-refractivity contribution in [2.24, 2.45) is 0 Å². The van der Waals surface area contributed by atoms with Gasteiger partial charge in [-0.2, -0.15) is 0 Å². The lowest BCUT2D eigenvalue weighted by Crippen LogP contribution is -2.57. The average Bonchev–Trinajstić information content (AvgIpc) is 3.32. The fraction of sp³-hybridized carbons (Fsp3) is 0.545. The monoisotopic (exact) mass is 399 g/mol. The normalized spacial score (nSPS) is 23.8. The van der Waals surface area contributed by atoms with Crippen LogP contribution in [0.5, 0.6) is 0 Å². The number of pyridine rings is 1. The van der Waals surface area contributed by atoms with E-state index in [2.05, 4.69) is 34.0 Å². The molecule has 1 amide bonds. The molecule has 0 bridgehead atoms. The van der Waals surface area contributed by atoms with E-state index in [0.717, 1.165) is 37.9 Å². The van der Waals surface area contributed by atoms with Crippen LogP contribution in [0.4, 0.5) is 0 Å². The third-order valence-corrected chi connectivity index (χ3v) is 7.17. The van der Waals surface area contributed by atoms with Gasteiger partial charge in [0.2, 0.25) is 5.91 Å². The highest BCUT2D eigenvalue weighted by molar-refractivity contribution is 7.10. The van der Waals surface area contributed by atoms with Gasteiger partial charge in [0.1, 0.15) is 0 Å². The topological polar surface area (TPSA) is 63.2 Å². The summed E-state index contributed by atoms with van der Waals surface area (Å²) in [5.41, 5.74) is 1.67. The summed E-state index contributed by atoms with van der Waals surface area (Å²) >= 11 is 1.72. The number of ether oxygens (including phenoxy) is 1. The molecule has 2 N–H and O–H groups in total. The first-order valence-electron chi connectivity index (χ1n) is 10.2. The Hall–Kier alpha value is -1.76. The lowest BCUT2D eigenvalue weighted by molar-refractivity contribution is -0.132. The minimum Gasteiger partial charge on any atom is -0.375 e. The van der Waals surface area contributed by atoms with Crippen molar-refractivity contribution in [3.63, 3.8) is 0 Å². The number of aryl methyl sites for hydroxylation is 1. The van der Waals surface area contributed by atoms with E-state index in [1.165, 1.54) is 23.3 Å². The van der Waals surface area contributed by atoms with E-state index in [9.17, 15) is 4.79 Å². The molecule has 2 aliphatic rings. The van der Waals surface area contributed by atoms with E-state index >= 15 is 0 Å². The largest absolute Gasteiger partial charge is 0.375 e. The molecule has 2 aromatic heterocycles. The molecule has 3 heterocycles. The van der Waals surface area contributed by atoms with E-state index in [-0.39, 0.29) is 11.5 Å². The predicted molar refractivity (Wildman–Crippen MR) is 111 cm³/mol. The first kappa shape index (κ1) is 19.6. The van der Waals surface area contributed by atoms with Crippen molar-refractivity contribution in [3.05, 3.63) is 52.0 Å². The highest BCUT2D eigenvalue weighted by Gasteiger charge is 2.49. The summed E-state index contributed by atoms with van der Waals surface area (Å²) in [5, 5.41) is 8.74. The van der Waals surface area contributed by atoms with Gasteiger partial charge in [0.25, 0.3) is 0 Å². The highest BCUT2D eigenvalue weighted by atomic mass is 32.1. The molecule has 6 heteroatoms. The van der Waals surface area contributed by atoms with Gasteiger partial charge >= 0.3 is 0 Å². The Morgan fingerprint density at radius 2 is 2.11 bits per heavy atom. The maximum absolute atomic E-state index is 12.9. The van der Waals surface area contributed by atoms with Crippen LogP contribution in [0.1, 0.15) is 54.7 Å². The van der Waals surface area contributed by atoms with Crippen molar-refractivity contribution >= 4 is 17.2 Å². The Labute approximate surface area is 170 Å². The summed E-state index contributed by atoms with van der Waals surface area (Å²) in [6.07, 6.45) is 7.95. The molecule has 5 nitrogen and oxygen atoms in total. The van der Waals surface area contributed by atoms with Gasteiger partial charge in [-0.3, -0.25) is 9.78 Å². The van der Waals surface area contributed by atoms with E-state index in [0.29, 0.717) is 13.2 Å². The van der Waals surface area contributed by atoms with Gasteiger partial charge in [0.05, 0.1) is 23.4 Å². The molecule has 1 atom stereocenters. The predicted octanol–water partition coefficient (Wildman–Crippen LogP) is 3.68. The Morgan fingerprint density at radius 3 is 2.82 bits per heavy atom. The number of carbonyl (C=O) groups excluding carboxylic acids is 1. The van der Waals surface area contributed by atoms with E-state index in [4.69, 9.17) is 4.74 Å². The minimum atomic E-state index is -0.443. The number of thiophene rings is 1. The first-order valence-corrected chi connectivity index (χ1v) is 11.1. The second kappa shape index (κ2) is 8.31. The Kier molecular flexibility index (Phi) is 5.80. The lowest BCUT2D eigenvalue weighted by atomic mass is 9.76. The zero-order chi connectivity index (χ0) is 19.5. The number of rotatable bonds is 6. The van der Waals surface area contributed by atoms with Gasteiger partial charge in [-0.25, -0.2) is 0 Å². The van der Waals surface area contributed by atoms with Crippen molar-refractivity contribution in [2.75, 3.05) is 13.2 Å². The Balaban J connectivity index is 1.46. The third kappa shape index (κ3) is 4.14.